The van der Waals surface area contributed by atoms with Crippen molar-refractivity contribution in [2.45, 2.75) is 10.9 Å². The molecule has 1 atom stereocenters. The molecule has 7 nitrogen and oxygen atoms in total. The van der Waals surface area contributed by atoms with Gasteiger partial charge in [0.15, 0.2) is 0 Å². The quantitative estimate of drug-likeness (QED) is 0.651. The molecule has 0 spiro atoms. The topological polar surface area (TPSA) is 106 Å². The summed E-state index contributed by atoms with van der Waals surface area (Å²) in [5.74, 6) is -0.861. The first-order valence-corrected chi connectivity index (χ1v) is 6.10. The van der Waals surface area contributed by atoms with Crippen molar-refractivity contribution < 1.29 is 23.1 Å². The lowest BCUT2D eigenvalue weighted by Gasteiger charge is -2.13. The predicted molar refractivity (Wildman–Crippen MR) is 57.4 cm³/mol. The van der Waals surface area contributed by atoms with E-state index in [1.165, 1.54) is 18.3 Å². The van der Waals surface area contributed by atoms with Crippen molar-refractivity contribution in [2.24, 2.45) is 0 Å². The van der Waals surface area contributed by atoms with Crippen LogP contribution in [0.15, 0.2) is 29.4 Å². The van der Waals surface area contributed by atoms with Crippen LogP contribution in [-0.2, 0) is 19.6 Å². The SMILES string of the molecule is COC(=O)C(CO)NS(=O)(=O)c1cccnc1. The van der Waals surface area contributed by atoms with Crippen LogP contribution >= 0.6 is 0 Å². The van der Waals surface area contributed by atoms with E-state index in [0.717, 1.165) is 13.3 Å². The number of rotatable bonds is 5. The molecule has 1 unspecified atom stereocenters. The Balaban J connectivity index is 2.90. The van der Waals surface area contributed by atoms with Crippen molar-refractivity contribution in [2.75, 3.05) is 13.7 Å². The van der Waals surface area contributed by atoms with Gasteiger partial charge in [0.2, 0.25) is 10.0 Å². The Hall–Kier alpha value is -1.51. The molecule has 0 aliphatic rings. The number of hydrogen-bond acceptors (Lipinski definition) is 6. The molecule has 0 saturated heterocycles. The van der Waals surface area contributed by atoms with E-state index in [4.69, 9.17) is 5.11 Å². The van der Waals surface area contributed by atoms with Gasteiger partial charge in [-0.25, -0.2) is 8.42 Å². The fourth-order valence-electron chi connectivity index (χ4n) is 1.06. The molecular formula is C9H12N2O5S. The highest BCUT2D eigenvalue weighted by molar-refractivity contribution is 7.89. The van der Waals surface area contributed by atoms with Gasteiger partial charge in [-0.05, 0) is 12.1 Å². The van der Waals surface area contributed by atoms with E-state index in [1.54, 1.807) is 0 Å². The molecule has 0 aromatic carbocycles. The van der Waals surface area contributed by atoms with E-state index in [0.29, 0.717) is 0 Å². The number of carbonyl (C=O) groups is 1. The third kappa shape index (κ3) is 3.48. The molecule has 1 heterocycles. The summed E-state index contributed by atoms with van der Waals surface area (Å²) in [4.78, 5) is 14.7. The maximum atomic E-state index is 11.8. The number of esters is 1. The minimum absolute atomic E-state index is 0.0950. The lowest BCUT2D eigenvalue weighted by molar-refractivity contribution is -0.143. The third-order valence-electron chi connectivity index (χ3n) is 1.91. The standard InChI is InChI=1S/C9H12N2O5S/c1-16-9(13)8(6-12)11-17(14,15)7-3-2-4-10-5-7/h2-5,8,11-12H,6H2,1H3. The number of pyridine rings is 1. The Kier molecular flexibility index (Phi) is 4.55. The zero-order valence-electron chi connectivity index (χ0n) is 9.03. The van der Waals surface area contributed by atoms with Gasteiger partial charge in [0.25, 0.3) is 0 Å². The van der Waals surface area contributed by atoms with Crippen molar-refractivity contribution in [3.05, 3.63) is 24.5 Å². The van der Waals surface area contributed by atoms with Crippen LogP contribution in [0.3, 0.4) is 0 Å². The number of nitrogens with zero attached hydrogens (tertiary/aromatic N) is 1. The van der Waals surface area contributed by atoms with Gasteiger partial charge in [0, 0.05) is 12.4 Å². The number of aliphatic hydroxyl groups excluding tert-OH is 1. The molecule has 0 saturated carbocycles. The molecule has 0 fully saturated rings. The summed E-state index contributed by atoms with van der Waals surface area (Å²) in [5.41, 5.74) is 0. The summed E-state index contributed by atoms with van der Waals surface area (Å²) in [6.45, 7) is -0.688. The molecule has 0 radical (unpaired) electrons. The van der Waals surface area contributed by atoms with Gasteiger partial charge in [0.1, 0.15) is 10.9 Å². The third-order valence-corrected chi connectivity index (χ3v) is 3.37. The Labute approximate surface area is 98.5 Å². The minimum atomic E-state index is -3.90. The van der Waals surface area contributed by atoms with Crippen LogP contribution in [0.25, 0.3) is 0 Å². The smallest absolute Gasteiger partial charge is 0.326 e. The first-order valence-electron chi connectivity index (χ1n) is 4.62. The molecule has 2 N–H and O–H groups in total. The zero-order chi connectivity index (χ0) is 12.9. The van der Waals surface area contributed by atoms with Gasteiger partial charge in [-0.1, -0.05) is 0 Å². The first-order chi connectivity index (χ1) is 8.01. The summed E-state index contributed by atoms with van der Waals surface area (Å²) in [6, 6.07) is 1.44. The van der Waals surface area contributed by atoms with Crippen molar-refractivity contribution in [3.8, 4) is 0 Å². The largest absolute Gasteiger partial charge is 0.468 e. The van der Waals surface area contributed by atoms with Crippen LogP contribution in [0.5, 0.6) is 0 Å². The van der Waals surface area contributed by atoms with Gasteiger partial charge in [-0.2, -0.15) is 4.72 Å². The summed E-state index contributed by atoms with van der Waals surface area (Å²) < 4.78 is 29.9. The number of hydrogen-bond donors (Lipinski definition) is 2. The predicted octanol–water partition coefficient (Wildman–Crippen LogP) is -1.11. The van der Waals surface area contributed by atoms with E-state index < -0.39 is 28.6 Å². The highest BCUT2D eigenvalue weighted by Gasteiger charge is 2.25. The lowest BCUT2D eigenvalue weighted by atomic mass is 10.3. The molecule has 0 aliphatic heterocycles. The molecule has 1 aromatic heterocycles. The number of aliphatic hydroxyl groups is 1. The maximum absolute atomic E-state index is 11.8. The highest BCUT2D eigenvalue weighted by atomic mass is 32.2. The molecule has 17 heavy (non-hydrogen) atoms. The number of aromatic nitrogens is 1. The average molecular weight is 260 g/mol. The molecule has 8 heteroatoms. The monoisotopic (exact) mass is 260 g/mol. The zero-order valence-corrected chi connectivity index (χ0v) is 9.85. The van der Waals surface area contributed by atoms with Crippen LogP contribution in [0.2, 0.25) is 0 Å². The summed E-state index contributed by atoms with van der Waals surface area (Å²) >= 11 is 0. The van der Waals surface area contributed by atoms with Gasteiger partial charge in [-0.3, -0.25) is 9.78 Å². The number of ether oxygens (including phenoxy) is 1. The number of carbonyl (C=O) groups excluding carboxylic acids is 1. The maximum Gasteiger partial charge on any atom is 0.326 e. The van der Waals surface area contributed by atoms with E-state index in [-0.39, 0.29) is 4.90 Å². The average Bonchev–Trinajstić information content (AvgIpc) is 2.36. The number of sulfonamides is 1. The van der Waals surface area contributed by atoms with Crippen LogP contribution in [-0.4, -0.2) is 44.2 Å². The summed E-state index contributed by atoms with van der Waals surface area (Å²) in [7, 11) is -2.80. The second kappa shape index (κ2) is 5.71. The van der Waals surface area contributed by atoms with Crippen LogP contribution < -0.4 is 4.72 Å². The van der Waals surface area contributed by atoms with Gasteiger partial charge >= 0.3 is 5.97 Å². The molecule has 0 bridgehead atoms. The molecule has 0 amide bonds. The highest BCUT2D eigenvalue weighted by Crippen LogP contribution is 2.06. The summed E-state index contributed by atoms with van der Waals surface area (Å²) in [6.07, 6.45) is 2.55. The summed E-state index contributed by atoms with van der Waals surface area (Å²) in [5, 5.41) is 8.89. The number of methoxy groups -OCH3 is 1. The first kappa shape index (κ1) is 13.6. The lowest BCUT2D eigenvalue weighted by Crippen LogP contribution is -2.43. The second-order valence-corrected chi connectivity index (χ2v) is 4.78. The number of nitrogens with one attached hydrogen (secondary N) is 1. The fraction of sp³-hybridized carbons (Fsp3) is 0.333. The molecule has 94 valence electrons. The van der Waals surface area contributed by atoms with E-state index >= 15 is 0 Å². The van der Waals surface area contributed by atoms with Gasteiger partial charge in [0.05, 0.1) is 13.7 Å². The van der Waals surface area contributed by atoms with Crippen molar-refractivity contribution >= 4 is 16.0 Å². The van der Waals surface area contributed by atoms with Crippen molar-refractivity contribution in [1.82, 2.24) is 9.71 Å². The van der Waals surface area contributed by atoms with Crippen LogP contribution in [0.4, 0.5) is 0 Å². The van der Waals surface area contributed by atoms with Gasteiger partial charge in [-0.15, -0.1) is 0 Å². The van der Waals surface area contributed by atoms with Crippen molar-refractivity contribution in [1.29, 1.82) is 0 Å². The molecule has 1 rings (SSSR count). The molecular weight excluding hydrogens is 248 g/mol. The second-order valence-electron chi connectivity index (χ2n) is 3.07. The Morgan fingerprint density at radius 2 is 2.35 bits per heavy atom. The molecule has 1 aromatic rings. The van der Waals surface area contributed by atoms with Crippen molar-refractivity contribution in [3.63, 3.8) is 0 Å². The fourth-order valence-corrected chi connectivity index (χ4v) is 2.20. The molecule has 0 aliphatic carbocycles. The van der Waals surface area contributed by atoms with E-state index in [2.05, 4.69) is 9.72 Å². The van der Waals surface area contributed by atoms with E-state index in [9.17, 15) is 13.2 Å². The van der Waals surface area contributed by atoms with E-state index in [1.807, 2.05) is 4.72 Å². The minimum Gasteiger partial charge on any atom is -0.468 e. The Morgan fingerprint density at radius 3 is 2.82 bits per heavy atom. The van der Waals surface area contributed by atoms with Gasteiger partial charge < -0.3 is 9.84 Å². The van der Waals surface area contributed by atoms with Crippen LogP contribution in [0, 0.1) is 0 Å². The normalized spacial score (nSPS) is 13.1. The van der Waals surface area contributed by atoms with Crippen LogP contribution in [0.1, 0.15) is 0 Å². The Morgan fingerprint density at radius 1 is 1.65 bits per heavy atom. The Bertz CT molecular complexity index is 473.